The minimum Gasteiger partial charge on any atom is -0.382 e. The Morgan fingerprint density at radius 3 is 2.33 bits per heavy atom. The molecule has 0 aromatic heterocycles. The van der Waals surface area contributed by atoms with Gasteiger partial charge in [-0.2, -0.15) is 0 Å². The molecule has 0 radical (unpaired) electrons. The molecule has 0 spiro atoms. The maximum absolute atomic E-state index is 11.4. The Bertz CT molecular complexity index is 240. The maximum Gasteiger partial charge on any atom is 0.164 e. The van der Waals surface area contributed by atoms with E-state index in [-0.39, 0.29) is 17.1 Å². The summed E-state index contributed by atoms with van der Waals surface area (Å²) in [7, 11) is 0. The van der Waals surface area contributed by atoms with E-state index in [0.29, 0.717) is 12.3 Å². The Morgan fingerprint density at radius 1 is 1.42 bits per heavy atom. The van der Waals surface area contributed by atoms with E-state index in [9.17, 15) is 9.90 Å². The second kappa shape index (κ2) is 1.92. The summed E-state index contributed by atoms with van der Waals surface area (Å²) in [5, 5.41) is 9.94. The summed E-state index contributed by atoms with van der Waals surface area (Å²) < 4.78 is 0. The molecule has 0 aliphatic heterocycles. The predicted molar refractivity (Wildman–Crippen MR) is 45.6 cm³/mol. The van der Waals surface area contributed by atoms with Crippen molar-refractivity contribution in [2.24, 2.45) is 17.3 Å². The van der Waals surface area contributed by atoms with Crippen LogP contribution in [0.25, 0.3) is 0 Å². The Kier molecular flexibility index (Phi) is 1.32. The highest BCUT2D eigenvalue weighted by Gasteiger charge is 2.62. The fourth-order valence-electron chi connectivity index (χ4n) is 2.94. The fourth-order valence-corrected chi connectivity index (χ4v) is 2.94. The zero-order chi connectivity index (χ0) is 9.15. The highest BCUT2D eigenvalue weighted by atomic mass is 16.3. The van der Waals surface area contributed by atoms with Gasteiger partial charge in [0.05, 0.1) is 0 Å². The molecule has 3 aliphatic carbocycles. The minimum absolute atomic E-state index is 0.0445. The van der Waals surface area contributed by atoms with Crippen LogP contribution in [0.4, 0.5) is 0 Å². The molecule has 12 heavy (non-hydrogen) atoms. The molecule has 3 saturated carbocycles. The van der Waals surface area contributed by atoms with Crippen molar-refractivity contribution in [3.63, 3.8) is 0 Å². The zero-order valence-corrected chi connectivity index (χ0v) is 7.92. The summed E-state index contributed by atoms with van der Waals surface area (Å²) in [6.07, 6.45) is 1.61. The van der Waals surface area contributed by atoms with Crippen LogP contribution in [0.5, 0.6) is 0 Å². The Labute approximate surface area is 73.0 Å². The van der Waals surface area contributed by atoms with Crippen molar-refractivity contribution in [2.75, 3.05) is 0 Å². The number of ketones is 1. The largest absolute Gasteiger partial charge is 0.382 e. The smallest absolute Gasteiger partial charge is 0.164 e. The molecule has 2 bridgehead atoms. The van der Waals surface area contributed by atoms with E-state index in [0.717, 1.165) is 6.42 Å². The van der Waals surface area contributed by atoms with Gasteiger partial charge in [-0.15, -0.1) is 0 Å². The van der Waals surface area contributed by atoms with Gasteiger partial charge in [0.25, 0.3) is 0 Å². The van der Waals surface area contributed by atoms with Crippen molar-refractivity contribution in [1.29, 1.82) is 0 Å². The van der Waals surface area contributed by atoms with Crippen LogP contribution in [0.1, 0.15) is 33.6 Å². The Hall–Kier alpha value is -0.370. The number of aliphatic hydroxyl groups is 1. The summed E-state index contributed by atoms with van der Waals surface area (Å²) in [6, 6.07) is 0. The van der Waals surface area contributed by atoms with Crippen molar-refractivity contribution < 1.29 is 9.90 Å². The lowest BCUT2D eigenvalue weighted by Gasteiger charge is -2.61. The van der Waals surface area contributed by atoms with E-state index >= 15 is 0 Å². The van der Waals surface area contributed by atoms with Gasteiger partial charge in [-0.1, -0.05) is 13.8 Å². The van der Waals surface area contributed by atoms with Gasteiger partial charge in [0.1, 0.15) is 5.60 Å². The molecule has 3 fully saturated rings. The van der Waals surface area contributed by atoms with Crippen molar-refractivity contribution >= 4 is 5.78 Å². The molecule has 0 heterocycles. The third kappa shape index (κ3) is 0.717. The average molecular weight is 168 g/mol. The first-order valence-corrected chi connectivity index (χ1v) is 4.62. The maximum atomic E-state index is 11.4. The Balaban J connectivity index is 2.33. The number of rotatable bonds is 0. The predicted octanol–water partition coefficient (Wildman–Crippen LogP) is 1.37. The van der Waals surface area contributed by atoms with Gasteiger partial charge in [0.15, 0.2) is 5.78 Å². The monoisotopic (exact) mass is 168 g/mol. The Morgan fingerprint density at radius 2 is 2.00 bits per heavy atom. The van der Waals surface area contributed by atoms with Crippen molar-refractivity contribution in [2.45, 2.75) is 39.2 Å². The van der Waals surface area contributed by atoms with Crippen LogP contribution in [0.2, 0.25) is 0 Å². The molecule has 0 unspecified atom stereocenters. The molecule has 0 aromatic rings. The molecule has 68 valence electrons. The molecule has 1 N–H and O–H groups in total. The van der Waals surface area contributed by atoms with Crippen LogP contribution >= 0.6 is 0 Å². The van der Waals surface area contributed by atoms with Crippen LogP contribution in [0.15, 0.2) is 0 Å². The molecular formula is C10H16O2. The van der Waals surface area contributed by atoms with E-state index in [1.165, 1.54) is 0 Å². The molecule has 3 aliphatic rings. The number of fused-ring (bicyclic) bond motifs is 2. The van der Waals surface area contributed by atoms with Gasteiger partial charge in [-0.3, -0.25) is 4.79 Å². The first-order chi connectivity index (χ1) is 5.37. The fraction of sp³-hybridized carbons (Fsp3) is 0.900. The molecular weight excluding hydrogens is 152 g/mol. The number of Topliss-reactive ketones (excluding diaryl/α,β-unsaturated/α-hetero) is 1. The average Bonchev–Trinajstić information content (AvgIpc) is 1.93. The van der Waals surface area contributed by atoms with Gasteiger partial charge < -0.3 is 5.11 Å². The highest BCUT2D eigenvalue weighted by Crippen LogP contribution is 2.61. The van der Waals surface area contributed by atoms with Gasteiger partial charge in [-0.25, -0.2) is 0 Å². The van der Waals surface area contributed by atoms with Crippen molar-refractivity contribution in [1.82, 2.24) is 0 Å². The van der Waals surface area contributed by atoms with E-state index in [4.69, 9.17) is 0 Å². The zero-order valence-electron chi connectivity index (χ0n) is 7.92. The molecule has 0 amide bonds. The summed E-state index contributed by atoms with van der Waals surface area (Å²) >= 11 is 0. The van der Waals surface area contributed by atoms with Crippen molar-refractivity contribution in [3.8, 4) is 0 Å². The van der Waals surface area contributed by atoms with Crippen LogP contribution in [0, 0.1) is 17.3 Å². The SMILES string of the molecule is CC1(C)[C@H]2CC(=O)[C@](C)(O)[C@H]1C2. The standard InChI is InChI=1S/C10H16O2/c1-9(2)6-4-7(9)10(3,12)8(11)5-6/h6-7,12H,4-5H2,1-3H3/t6-,7+,10-/m1/s1. The van der Waals surface area contributed by atoms with Crippen molar-refractivity contribution in [3.05, 3.63) is 0 Å². The lowest BCUT2D eigenvalue weighted by Crippen LogP contribution is -2.64. The van der Waals surface area contributed by atoms with Gasteiger partial charge in [0.2, 0.25) is 0 Å². The van der Waals surface area contributed by atoms with Crippen LogP contribution in [-0.4, -0.2) is 16.5 Å². The van der Waals surface area contributed by atoms with Crippen LogP contribution < -0.4 is 0 Å². The summed E-state index contributed by atoms with van der Waals surface area (Å²) in [6.45, 7) is 6.00. The van der Waals surface area contributed by atoms with E-state index in [1.807, 2.05) is 0 Å². The number of carbonyl (C=O) groups is 1. The minimum atomic E-state index is -1.04. The molecule has 2 nitrogen and oxygen atoms in total. The van der Waals surface area contributed by atoms with Crippen LogP contribution in [0.3, 0.4) is 0 Å². The number of hydrogen-bond acceptors (Lipinski definition) is 2. The summed E-state index contributed by atoms with van der Waals surface area (Å²) in [4.78, 5) is 11.4. The topological polar surface area (TPSA) is 37.3 Å². The van der Waals surface area contributed by atoms with Crippen LogP contribution in [-0.2, 0) is 4.79 Å². The number of hydrogen-bond donors (Lipinski definition) is 1. The summed E-state index contributed by atoms with van der Waals surface area (Å²) in [5.41, 5.74) is -0.865. The lowest BCUT2D eigenvalue weighted by molar-refractivity contribution is -0.196. The van der Waals surface area contributed by atoms with Gasteiger partial charge >= 0.3 is 0 Å². The van der Waals surface area contributed by atoms with E-state index in [1.54, 1.807) is 6.92 Å². The number of carbonyl (C=O) groups excluding carboxylic acids is 1. The van der Waals surface area contributed by atoms with E-state index in [2.05, 4.69) is 13.8 Å². The molecule has 0 saturated heterocycles. The quantitative estimate of drug-likeness (QED) is 0.593. The second-order valence-corrected chi connectivity index (χ2v) is 5.08. The first-order valence-electron chi connectivity index (χ1n) is 4.62. The first kappa shape index (κ1) is 8.24. The van der Waals surface area contributed by atoms with Gasteiger partial charge in [-0.05, 0) is 24.7 Å². The molecule has 2 heteroatoms. The molecule has 3 atom stereocenters. The third-order valence-corrected chi connectivity index (χ3v) is 4.15. The van der Waals surface area contributed by atoms with E-state index < -0.39 is 5.60 Å². The molecule has 3 rings (SSSR count). The highest BCUT2D eigenvalue weighted by molar-refractivity contribution is 5.89. The summed E-state index contributed by atoms with van der Waals surface area (Å²) in [5.74, 6) is 0.759. The van der Waals surface area contributed by atoms with Gasteiger partial charge in [0, 0.05) is 12.3 Å². The normalized spacial score (nSPS) is 50.2. The second-order valence-electron chi connectivity index (χ2n) is 5.08. The lowest BCUT2D eigenvalue weighted by atomic mass is 9.44. The third-order valence-electron chi connectivity index (χ3n) is 4.15. The molecule has 0 aromatic carbocycles.